The van der Waals surface area contributed by atoms with Crippen molar-refractivity contribution < 1.29 is 9.47 Å². The second kappa shape index (κ2) is 6.38. The summed E-state index contributed by atoms with van der Waals surface area (Å²) in [4.78, 5) is 20.5. The maximum Gasteiger partial charge on any atom is 0.277 e. The van der Waals surface area contributed by atoms with Crippen molar-refractivity contribution in [2.45, 2.75) is 6.54 Å². The SMILES string of the molecule is COc1cccc(Cn2cnc3c([nH]c4ccc(Cl)cc43)c2=O)c1OC. The summed E-state index contributed by atoms with van der Waals surface area (Å²) in [7, 11) is 3.16. The number of fused-ring (bicyclic) bond motifs is 3. The number of H-pyrrole nitrogens is 1. The molecule has 4 aromatic rings. The van der Waals surface area contributed by atoms with E-state index in [0.717, 1.165) is 16.5 Å². The molecular weight excluding hydrogens is 354 g/mol. The van der Waals surface area contributed by atoms with Gasteiger partial charge in [0, 0.05) is 21.5 Å². The number of nitrogens with one attached hydrogen (secondary N) is 1. The van der Waals surface area contributed by atoms with Gasteiger partial charge in [-0.25, -0.2) is 4.98 Å². The zero-order chi connectivity index (χ0) is 18.3. The monoisotopic (exact) mass is 369 g/mol. The summed E-state index contributed by atoms with van der Waals surface area (Å²) in [5.74, 6) is 1.22. The minimum Gasteiger partial charge on any atom is -0.493 e. The lowest BCUT2D eigenvalue weighted by atomic mass is 10.2. The fourth-order valence-electron chi connectivity index (χ4n) is 3.14. The number of aromatic amines is 1. The maximum absolute atomic E-state index is 12.9. The first-order valence-electron chi connectivity index (χ1n) is 7.98. The van der Waals surface area contributed by atoms with Crippen LogP contribution >= 0.6 is 11.6 Å². The Morgan fingerprint density at radius 3 is 2.81 bits per heavy atom. The van der Waals surface area contributed by atoms with E-state index in [1.165, 1.54) is 10.9 Å². The molecule has 132 valence electrons. The molecule has 2 heterocycles. The molecule has 0 fully saturated rings. The second-order valence-electron chi connectivity index (χ2n) is 5.87. The third kappa shape index (κ3) is 2.59. The van der Waals surface area contributed by atoms with Gasteiger partial charge in [-0.3, -0.25) is 9.36 Å². The molecule has 0 amide bonds. The van der Waals surface area contributed by atoms with Crippen molar-refractivity contribution in [3.05, 3.63) is 63.7 Å². The quantitative estimate of drug-likeness (QED) is 0.596. The lowest BCUT2D eigenvalue weighted by Gasteiger charge is -2.13. The molecule has 6 nitrogen and oxygen atoms in total. The summed E-state index contributed by atoms with van der Waals surface area (Å²) in [5.41, 5.74) is 2.56. The fraction of sp³-hybridized carbons (Fsp3) is 0.158. The number of para-hydroxylation sites is 1. The Kier molecular flexibility index (Phi) is 4.05. The molecule has 0 aliphatic rings. The third-order valence-electron chi connectivity index (χ3n) is 4.36. The first-order chi connectivity index (χ1) is 12.6. The molecule has 0 unspecified atom stereocenters. The van der Waals surface area contributed by atoms with Gasteiger partial charge in [0.25, 0.3) is 5.56 Å². The Hall–Kier alpha value is -2.99. The van der Waals surface area contributed by atoms with E-state index in [1.807, 2.05) is 24.3 Å². The van der Waals surface area contributed by atoms with Crippen LogP contribution < -0.4 is 15.0 Å². The normalized spacial score (nSPS) is 11.2. The minimum absolute atomic E-state index is 0.160. The molecule has 7 heteroatoms. The average molecular weight is 370 g/mol. The molecule has 0 radical (unpaired) electrons. The van der Waals surface area contributed by atoms with Gasteiger partial charge in [0.1, 0.15) is 11.0 Å². The van der Waals surface area contributed by atoms with Crippen molar-refractivity contribution in [1.29, 1.82) is 0 Å². The Morgan fingerprint density at radius 1 is 1.19 bits per heavy atom. The van der Waals surface area contributed by atoms with Gasteiger partial charge in [0.05, 0.1) is 27.1 Å². The highest BCUT2D eigenvalue weighted by atomic mass is 35.5. The highest BCUT2D eigenvalue weighted by Crippen LogP contribution is 2.31. The van der Waals surface area contributed by atoms with E-state index in [-0.39, 0.29) is 5.56 Å². The van der Waals surface area contributed by atoms with E-state index in [1.54, 1.807) is 26.4 Å². The minimum atomic E-state index is -0.160. The second-order valence-corrected chi connectivity index (χ2v) is 6.31. The number of ether oxygens (including phenoxy) is 2. The third-order valence-corrected chi connectivity index (χ3v) is 4.59. The molecule has 0 aliphatic heterocycles. The average Bonchev–Trinajstić information content (AvgIpc) is 3.02. The van der Waals surface area contributed by atoms with E-state index in [0.29, 0.717) is 34.1 Å². The van der Waals surface area contributed by atoms with E-state index in [9.17, 15) is 4.79 Å². The number of hydrogen-bond acceptors (Lipinski definition) is 4. The van der Waals surface area contributed by atoms with Crippen LogP contribution in [0, 0.1) is 0 Å². The van der Waals surface area contributed by atoms with Gasteiger partial charge in [-0.1, -0.05) is 23.7 Å². The smallest absolute Gasteiger partial charge is 0.277 e. The summed E-state index contributed by atoms with van der Waals surface area (Å²) >= 11 is 6.07. The summed E-state index contributed by atoms with van der Waals surface area (Å²) in [6.07, 6.45) is 1.54. The largest absolute Gasteiger partial charge is 0.493 e. The molecule has 0 saturated carbocycles. The van der Waals surface area contributed by atoms with Crippen LogP contribution in [0.15, 0.2) is 47.5 Å². The van der Waals surface area contributed by atoms with E-state index in [2.05, 4.69) is 9.97 Å². The molecule has 26 heavy (non-hydrogen) atoms. The molecule has 0 saturated heterocycles. The van der Waals surface area contributed by atoms with Crippen molar-refractivity contribution in [3.63, 3.8) is 0 Å². The highest BCUT2D eigenvalue weighted by molar-refractivity contribution is 6.31. The summed E-state index contributed by atoms with van der Waals surface area (Å²) in [6, 6.07) is 11.0. The number of aromatic nitrogens is 3. The van der Waals surface area contributed by atoms with E-state index < -0.39 is 0 Å². The highest BCUT2D eigenvalue weighted by Gasteiger charge is 2.14. The Bertz CT molecular complexity index is 1180. The van der Waals surface area contributed by atoms with Gasteiger partial charge >= 0.3 is 0 Å². The first kappa shape index (κ1) is 16.5. The topological polar surface area (TPSA) is 69.1 Å². The number of hydrogen-bond donors (Lipinski definition) is 1. The zero-order valence-electron chi connectivity index (χ0n) is 14.2. The van der Waals surface area contributed by atoms with Crippen LogP contribution in [0.25, 0.3) is 21.9 Å². The van der Waals surface area contributed by atoms with Crippen LogP contribution in [0.4, 0.5) is 0 Å². The fourth-order valence-corrected chi connectivity index (χ4v) is 3.31. The van der Waals surface area contributed by atoms with Crippen molar-refractivity contribution in [3.8, 4) is 11.5 Å². The van der Waals surface area contributed by atoms with Gasteiger partial charge in [-0.2, -0.15) is 0 Å². The van der Waals surface area contributed by atoms with Crippen molar-refractivity contribution >= 4 is 33.5 Å². The maximum atomic E-state index is 12.9. The molecule has 2 aromatic heterocycles. The van der Waals surface area contributed by atoms with Gasteiger partial charge in [0.15, 0.2) is 11.5 Å². The standard InChI is InChI=1S/C19H16ClN3O3/c1-25-15-5-3-4-11(18(15)26-2)9-23-10-21-16-13-8-12(20)6-7-14(13)22-17(16)19(23)24/h3-8,10,22H,9H2,1-2H3. The summed E-state index contributed by atoms with van der Waals surface area (Å²) < 4.78 is 12.3. The van der Waals surface area contributed by atoms with Gasteiger partial charge in [-0.05, 0) is 24.3 Å². The molecule has 4 rings (SSSR count). The van der Waals surface area contributed by atoms with Crippen LogP contribution in [0.2, 0.25) is 5.02 Å². The van der Waals surface area contributed by atoms with E-state index >= 15 is 0 Å². The van der Waals surface area contributed by atoms with Gasteiger partial charge < -0.3 is 14.5 Å². The van der Waals surface area contributed by atoms with Crippen LogP contribution in [-0.4, -0.2) is 28.8 Å². The lowest BCUT2D eigenvalue weighted by Crippen LogP contribution is -2.21. The lowest BCUT2D eigenvalue weighted by molar-refractivity contribution is 0.351. The number of rotatable bonds is 4. The molecule has 1 N–H and O–H groups in total. The van der Waals surface area contributed by atoms with Crippen LogP contribution in [-0.2, 0) is 6.54 Å². The number of methoxy groups -OCH3 is 2. The van der Waals surface area contributed by atoms with Crippen molar-refractivity contribution in [2.75, 3.05) is 14.2 Å². The molecule has 0 aliphatic carbocycles. The number of halogens is 1. The molecular formula is C19H16ClN3O3. The van der Waals surface area contributed by atoms with Crippen LogP contribution in [0.5, 0.6) is 11.5 Å². The number of benzene rings is 2. The Morgan fingerprint density at radius 2 is 2.04 bits per heavy atom. The zero-order valence-corrected chi connectivity index (χ0v) is 15.0. The number of nitrogens with zero attached hydrogens (tertiary/aromatic N) is 2. The molecule has 2 aromatic carbocycles. The Labute approximate surface area is 153 Å². The molecule has 0 spiro atoms. The first-order valence-corrected chi connectivity index (χ1v) is 8.36. The van der Waals surface area contributed by atoms with Crippen molar-refractivity contribution in [1.82, 2.24) is 14.5 Å². The van der Waals surface area contributed by atoms with E-state index in [4.69, 9.17) is 21.1 Å². The Balaban J connectivity index is 1.85. The predicted molar refractivity (Wildman–Crippen MR) is 102 cm³/mol. The summed E-state index contributed by atoms with van der Waals surface area (Å²) in [5, 5.41) is 1.43. The van der Waals surface area contributed by atoms with Gasteiger partial charge in [0.2, 0.25) is 0 Å². The van der Waals surface area contributed by atoms with Crippen molar-refractivity contribution in [2.24, 2.45) is 0 Å². The summed E-state index contributed by atoms with van der Waals surface area (Å²) in [6.45, 7) is 0.318. The predicted octanol–water partition coefficient (Wildman–Crippen LogP) is 3.60. The molecule has 0 bridgehead atoms. The van der Waals surface area contributed by atoms with Crippen LogP contribution in [0.1, 0.15) is 5.56 Å². The molecule has 0 atom stereocenters. The van der Waals surface area contributed by atoms with Crippen LogP contribution in [0.3, 0.4) is 0 Å². The van der Waals surface area contributed by atoms with Gasteiger partial charge in [-0.15, -0.1) is 0 Å².